The van der Waals surface area contributed by atoms with E-state index in [1.807, 2.05) is 0 Å². The average molecular weight is 701 g/mol. The van der Waals surface area contributed by atoms with E-state index in [2.05, 4.69) is 214 Å². The molecule has 0 aliphatic heterocycles. The Kier molecular flexibility index (Phi) is 8.11. The molecule has 0 saturated heterocycles. The molecule has 10 aromatic rings. The first-order valence-corrected chi connectivity index (χ1v) is 19.4. The second-order valence-corrected chi connectivity index (χ2v) is 15.0. The zero-order chi connectivity index (χ0) is 36.9. The lowest BCUT2D eigenvalue weighted by molar-refractivity contribution is 0.867. The predicted molar refractivity (Wildman–Crippen MR) is 238 cm³/mol. The Bertz CT molecular complexity index is 2980. The molecule has 0 aliphatic rings. The minimum Gasteiger partial charge on any atom is -0.0616 e. The van der Waals surface area contributed by atoms with E-state index in [1.54, 1.807) is 0 Å². The number of rotatable bonds is 6. The third kappa shape index (κ3) is 5.70. The average Bonchev–Trinajstić information content (AvgIpc) is 3.25. The molecule has 0 atom stereocenters. The highest BCUT2D eigenvalue weighted by molar-refractivity contribution is 6.23. The van der Waals surface area contributed by atoms with Gasteiger partial charge in [-0.2, -0.15) is 0 Å². The van der Waals surface area contributed by atoms with Crippen molar-refractivity contribution in [3.63, 3.8) is 0 Å². The van der Waals surface area contributed by atoms with Gasteiger partial charge in [-0.25, -0.2) is 0 Å². The molecular weight excluding hydrogens is 661 g/mol. The van der Waals surface area contributed by atoms with E-state index in [0.29, 0.717) is 5.92 Å². The summed E-state index contributed by atoms with van der Waals surface area (Å²) in [6.45, 7) is 4.55. The molecule has 0 unspecified atom stereocenters. The van der Waals surface area contributed by atoms with Gasteiger partial charge < -0.3 is 0 Å². The number of benzene rings is 10. The van der Waals surface area contributed by atoms with Crippen LogP contribution < -0.4 is 0 Å². The molecule has 260 valence electrons. The van der Waals surface area contributed by atoms with Gasteiger partial charge in [0.1, 0.15) is 0 Å². The van der Waals surface area contributed by atoms with Crippen molar-refractivity contribution < 1.29 is 0 Å². The van der Waals surface area contributed by atoms with Gasteiger partial charge in [-0.3, -0.25) is 0 Å². The third-order valence-corrected chi connectivity index (χ3v) is 11.5. The quantitative estimate of drug-likeness (QED) is 0.152. The Morgan fingerprint density at radius 2 is 0.745 bits per heavy atom. The van der Waals surface area contributed by atoms with Crippen molar-refractivity contribution in [2.24, 2.45) is 0 Å². The summed E-state index contributed by atoms with van der Waals surface area (Å²) < 4.78 is 0. The van der Waals surface area contributed by atoms with Crippen molar-refractivity contribution in [2.45, 2.75) is 19.8 Å². The number of fused-ring (bicyclic) bond motifs is 4. The Morgan fingerprint density at radius 1 is 0.273 bits per heavy atom. The smallest absolute Gasteiger partial charge is 0.00199 e. The second-order valence-electron chi connectivity index (χ2n) is 15.0. The Morgan fingerprint density at radius 3 is 1.36 bits per heavy atom. The predicted octanol–water partition coefficient (Wildman–Crippen LogP) is 15.8. The Hall–Kier alpha value is -6.76. The largest absolute Gasteiger partial charge is 0.0616 e. The van der Waals surface area contributed by atoms with Gasteiger partial charge in [0.05, 0.1) is 0 Å². The maximum atomic E-state index is 2.44. The van der Waals surface area contributed by atoms with Crippen LogP contribution in [0.1, 0.15) is 25.3 Å². The highest BCUT2D eigenvalue weighted by Gasteiger charge is 2.21. The summed E-state index contributed by atoms with van der Waals surface area (Å²) in [5.74, 6) is 0.448. The van der Waals surface area contributed by atoms with Crippen LogP contribution in [-0.4, -0.2) is 0 Å². The van der Waals surface area contributed by atoms with Gasteiger partial charge in [0, 0.05) is 0 Å². The Balaban J connectivity index is 1.23. The topological polar surface area (TPSA) is 0 Å². The van der Waals surface area contributed by atoms with Crippen LogP contribution in [0.15, 0.2) is 200 Å². The molecular formula is C55H40. The fourth-order valence-corrected chi connectivity index (χ4v) is 8.73. The third-order valence-electron chi connectivity index (χ3n) is 11.5. The summed E-state index contributed by atoms with van der Waals surface area (Å²) in [6, 6.07) is 74.1. The van der Waals surface area contributed by atoms with Gasteiger partial charge in [-0.15, -0.1) is 0 Å². The van der Waals surface area contributed by atoms with E-state index in [-0.39, 0.29) is 0 Å². The molecule has 0 heteroatoms. The lowest BCUT2D eigenvalue weighted by Crippen LogP contribution is -1.95. The van der Waals surface area contributed by atoms with Crippen LogP contribution in [0.5, 0.6) is 0 Å². The van der Waals surface area contributed by atoms with Crippen molar-refractivity contribution in [3.8, 4) is 55.6 Å². The second kappa shape index (κ2) is 13.6. The maximum absolute atomic E-state index is 2.44. The lowest BCUT2D eigenvalue weighted by atomic mass is 9.82. The summed E-state index contributed by atoms with van der Waals surface area (Å²) in [4.78, 5) is 0. The maximum Gasteiger partial charge on any atom is -0.00199 e. The lowest BCUT2D eigenvalue weighted by Gasteiger charge is -2.21. The van der Waals surface area contributed by atoms with Crippen LogP contribution in [0.2, 0.25) is 0 Å². The van der Waals surface area contributed by atoms with Crippen LogP contribution in [-0.2, 0) is 0 Å². The fourth-order valence-electron chi connectivity index (χ4n) is 8.73. The van der Waals surface area contributed by atoms with E-state index >= 15 is 0 Å². The SMILES string of the molecule is CC(C)c1cccc(-c2c3ccccc3c(-c3cc(-c4ccc(-c5cccc6ccccc56)cc4)ccc3-c3cccc4ccccc34)c3ccccc23)c1. The van der Waals surface area contributed by atoms with Crippen molar-refractivity contribution in [2.75, 3.05) is 0 Å². The molecule has 10 rings (SSSR count). The summed E-state index contributed by atoms with van der Waals surface area (Å²) in [5, 5.41) is 10.1. The van der Waals surface area contributed by atoms with Crippen LogP contribution in [0, 0.1) is 0 Å². The van der Waals surface area contributed by atoms with E-state index in [4.69, 9.17) is 0 Å². The molecule has 55 heavy (non-hydrogen) atoms. The molecule has 0 N–H and O–H groups in total. The van der Waals surface area contributed by atoms with E-state index in [0.717, 1.165) is 0 Å². The van der Waals surface area contributed by atoms with Crippen molar-refractivity contribution in [3.05, 3.63) is 206 Å². The standard InChI is InChI=1S/C55H40/c1-36(2)41-18-11-19-43(34-41)54-49-22-7-9-24-51(49)55(52-25-10-8-23-50(52)54)53-35-42(32-33-48(53)47-27-13-17-39-15-4-6-21-46(39)47)37-28-30-40(31-29-37)45-26-12-16-38-14-3-5-20-44(38)45/h3-36H,1-2H3. The molecule has 0 saturated carbocycles. The van der Waals surface area contributed by atoms with Gasteiger partial charge in [-0.05, 0) is 116 Å². The molecule has 0 aromatic heterocycles. The van der Waals surface area contributed by atoms with Gasteiger partial charge in [0.2, 0.25) is 0 Å². The summed E-state index contributed by atoms with van der Waals surface area (Å²) in [6.07, 6.45) is 0. The van der Waals surface area contributed by atoms with Gasteiger partial charge in [0.25, 0.3) is 0 Å². The van der Waals surface area contributed by atoms with Crippen LogP contribution in [0.3, 0.4) is 0 Å². The minimum absolute atomic E-state index is 0.448. The zero-order valence-electron chi connectivity index (χ0n) is 31.1. The monoisotopic (exact) mass is 700 g/mol. The summed E-state index contributed by atoms with van der Waals surface area (Å²) in [5.41, 5.74) is 13.8. The van der Waals surface area contributed by atoms with Crippen molar-refractivity contribution >= 4 is 43.1 Å². The number of hydrogen-bond donors (Lipinski definition) is 0. The highest BCUT2D eigenvalue weighted by atomic mass is 14.2. The highest BCUT2D eigenvalue weighted by Crippen LogP contribution is 2.48. The number of hydrogen-bond acceptors (Lipinski definition) is 0. The van der Waals surface area contributed by atoms with Crippen LogP contribution in [0.4, 0.5) is 0 Å². The van der Waals surface area contributed by atoms with Crippen molar-refractivity contribution in [1.29, 1.82) is 0 Å². The first-order valence-electron chi connectivity index (χ1n) is 19.4. The first-order chi connectivity index (χ1) is 27.1. The molecule has 0 radical (unpaired) electrons. The molecule has 10 aromatic carbocycles. The van der Waals surface area contributed by atoms with E-state index in [9.17, 15) is 0 Å². The molecule has 0 spiro atoms. The Labute approximate surface area is 323 Å². The van der Waals surface area contributed by atoms with Crippen LogP contribution >= 0.6 is 0 Å². The molecule has 0 amide bonds. The molecule has 0 heterocycles. The fraction of sp³-hybridized carbons (Fsp3) is 0.0545. The van der Waals surface area contributed by atoms with Gasteiger partial charge in [-0.1, -0.05) is 208 Å². The summed E-state index contributed by atoms with van der Waals surface area (Å²) >= 11 is 0. The molecule has 0 nitrogen and oxygen atoms in total. The summed E-state index contributed by atoms with van der Waals surface area (Å²) in [7, 11) is 0. The molecule has 0 bridgehead atoms. The normalized spacial score (nSPS) is 11.6. The van der Waals surface area contributed by atoms with E-state index < -0.39 is 0 Å². The minimum atomic E-state index is 0.448. The molecule has 0 fully saturated rings. The molecule has 0 aliphatic carbocycles. The van der Waals surface area contributed by atoms with Gasteiger partial charge >= 0.3 is 0 Å². The first kappa shape index (κ1) is 32.9. The van der Waals surface area contributed by atoms with Gasteiger partial charge in [0.15, 0.2) is 0 Å². The zero-order valence-corrected chi connectivity index (χ0v) is 31.1. The van der Waals surface area contributed by atoms with Crippen LogP contribution in [0.25, 0.3) is 98.7 Å². The van der Waals surface area contributed by atoms with Crippen molar-refractivity contribution in [1.82, 2.24) is 0 Å². The van der Waals surface area contributed by atoms with E-state index in [1.165, 1.54) is 104 Å².